The Labute approximate surface area is 114 Å². The van der Waals surface area contributed by atoms with Crippen LogP contribution >= 0.6 is 11.3 Å². The lowest BCUT2D eigenvalue weighted by molar-refractivity contribution is 0.633. The van der Waals surface area contributed by atoms with Crippen LogP contribution in [0.25, 0.3) is 11.0 Å². The Kier molecular flexibility index (Phi) is 3.23. The average molecular weight is 273 g/mol. The number of rotatable bonds is 4. The van der Waals surface area contributed by atoms with E-state index in [2.05, 4.69) is 45.1 Å². The molecule has 0 saturated heterocycles. The number of hydrogen-bond acceptors (Lipinski definition) is 3. The van der Waals surface area contributed by atoms with Gasteiger partial charge in [-0.15, -0.1) is 0 Å². The molecule has 0 fully saturated rings. The third-order valence-electron chi connectivity index (χ3n) is 3.16. The predicted octanol–water partition coefficient (Wildman–Crippen LogP) is 2.62. The number of nitrogens with one attached hydrogen (secondary N) is 3. The van der Waals surface area contributed by atoms with E-state index in [0.29, 0.717) is 0 Å². The molecule has 0 aliphatic rings. The molecule has 1 unspecified atom stereocenters. The number of H-pyrrole nitrogens is 2. The molecule has 3 rings (SSSR count). The van der Waals surface area contributed by atoms with Crippen molar-refractivity contribution in [2.45, 2.75) is 13.0 Å². The number of fused-ring (bicyclic) bond motifs is 1. The van der Waals surface area contributed by atoms with Crippen LogP contribution in [-0.2, 0) is 0 Å². The van der Waals surface area contributed by atoms with E-state index in [-0.39, 0.29) is 11.7 Å². The second-order valence-electron chi connectivity index (χ2n) is 4.43. The highest BCUT2D eigenvalue weighted by Gasteiger charge is 2.14. The first kappa shape index (κ1) is 12.2. The van der Waals surface area contributed by atoms with Gasteiger partial charge < -0.3 is 15.3 Å². The van der Waals surface area contributed by atoms with Crippen LogP contribution in [0.15, 0.2) is 39.8 Å². The highest BCUT2D eigenvalue weighted by molar-refractivity contribution is 7.08. The number of benzene rings is 1. The molecule has 0 aliphatic carbocycles. The summed E-state index contributed by atoms with van der Waals surface area (Å²) in [6.07, 6.45) is 0. The Bertz CT molecular complexity index is 727. The van der Waals surface area contributed by atoms with Crippen molar-refractivity contribution in [2.75, 3.05) is 6.54 Å². The summed E-state index contributed by atoms with van der Waals surface area (Å²) >= 11 is 1.69. The maximum Gasteiger partial charge on any atom is 0.323 e. The zero-order valence-electron chi connectivity index (χ0n) is 10.6. The average Bonchev–Trinajstić information content (AvgIpc) is 3.02. The van der Waals surface area contributed by atoms with Gasteiger partial charge in [-0.25, -0.2) is 4.79 Å². The summed E-state index contributed by atoms with van der Waals surface area (Å²) in [5.74, 6) is 0. The van der Waals surface area contributed by atoms with Gasteiger partial charge in [0.05, 0.1) is 17.1 Å². The van der Waals surface area contributed by atoms with E-state index >= 15 is 0 Å². The minimum absolute atomic E-state index is 0.164. The van der Waals surface area contributed by atoms with E-state index in [1.54, 1.807) is 11.3 Å². The summed E-state index contributed by atoms with van der Waals surface area (Å²) in [6, 6.07) is 8.32. The van der Waals surface area contributed by atoms with Gasteiger partial charge in [-0.3, -0.25) is 0 Å². The minimum atomic E-state index is -0.164. The fourth-order valence-corrected chi connectivity index (χ4v) is 2.99. The van der Waals surface area contributed by atoms with E-state index < -0.39 is 0 Å². The predicted molar refractivity (Wildman–Crippen MR) is 78.8 cm³/mol. The molecule has 3 aromatic rings. The molecule has 1 aromatic carbocycles. The molecular formula is C14H15N3OS. The van der Waals surface area contributed by atoms with Crippen LogP contribution < -0.4 is 11.0 Å². The lowest BCUT2D eigenvalue weighted by Gasteiger charge is -2.17. The molecule has 2 heterocycles. The third kappa shape index (κ3) is 2.34. The Hall–Kier alpha value is -1.85. The maximum atomic E-state index is 11.3. The molecule has 0 bridgehead atoms. The molecule has 1 atom stereocenters. The molecule has 3 N–H and O–H groups in total. The van der Waals surface area contributed by atoms with Crippen LogP contribution in [0.5, 0.6) is 0 Å². The van der Waals surface area contributed by atoms with Gasteiger partial charge in [0, 0.05) is 0 Å². The molecule has 0 saturated carbocycles. The Morgan fingerprint density at radius 3 is 2.79 bits per heavy atom. The van der Waals surface area contributed by atoms with E-state index in [4.69, 9.17) is 0 Å². The van der Waals surface area contributed by atoms with Crippen molar-refractivity contribution in [1.29, 1.82) is 0 Å². The van der Waals surface area contributed by atoms with Crippen molar-refractivity contribution in [1.82, 2.24) is 15.3 Å². The quantitative estimate of drug-likeness (QED) is 0.684. The summed E-state index contributed by atoms with van der Waals surface area (Å²) in [6.45, 7) is 2.98. The van der Waals surface area contributed by atoms with Crippen molar-refractivity contribution < 1.29 is 0 Å². The number of hydrogen-bond donors (Lipinski definition) is 3. The lowest BCUT2D eigenvalue weighted by atomic mass is 10.0. The van der Waals surface area contributed by atoms with Gasteiger partial charge >= 0.3 is 5.69 Å². The van der Waals surface area contributed by atoms with Crippen LogP contribution in [0, 0.1) is 0 Å². The first-order valence-corrected chi connectivity index (χ1v) is 7.19. The fraction of sp³-hybridized carbons (Fsp3) is 0.214. The van der Waals surface area contributed by atoms with E-state index in [1.807, 2.05) is 12.1 Å². The van der Waals surface area contributed by atoms with Gasteiger partial charge in [-0.05, 0) is 46.6 Å². The summed E-state index contributed by atoms with van der Waals surface area (Å²) in [5, 5.41) is 7.71. The van der Waals surface area contributed by atoms with Crippen LogP contribution in [-0.4, -0.2) is 16.5 Å². The molecule has 5 heteroatoms. The van der Waals surface area contributed by atoms with Gasteiger partial charge in [0.15, 0.2) is 0 Å². The van der Waals surface area contributed by atoms with Gasteiger partial charge in [-0.1, -0.05) is 13.0 Å². The highest BCUT2D eigenvalue weighted by atomic mass is 32.1. The van der Waals surface area contributed by atoms with Crippen molar-refractivity contribution in [2.24, 2.45) is 0 Å². The largest absolute Gasteiger partial charge is 0.323 e. The first-order valence-electron chi connectivity index (χ1n) is 6.25. The molecule has 0 amide bonds. The minimum Gasteiger partial charge on any atom is -0.307 e. The smallest absolute Gasteiger partial charge is 0.307 e. The molecule has 2 aromatic heterocycles. The second-order valence-corrected chi connectivity index (χ2v) is 5.21. The zero-order valence-corrected chi connectivity index (χ0v) is 11.4. The van der Waals surface area contributed by atoms with Gasteiger partial charge in [0.1, 0.15) is 0 Å². The monoisotopic (exact) mass is 273 g/mol. The molecule has 98 valence electrons. The zero-order chi connectivity index (χ0) is 13.2. The van der Waals surface area contributed by atoms with Gasteiger partial charge in [0.25, 0.3) is 0 Å². The van der Waals surface area contributed by atoms with Crippen LogP contribution in [0.2, 0.25) is 0 Å². The molecule has 0 spiro atoms. The van der Waals surface area contributed by atoms with Crippen LogP contribution in [0.4, 0.5) is 0 Å². The maximum absolute atomic E-state index is 11.3. The summed E-state index contributed by atoms with van der Waals surface area (Å²) in [4.78, 5) is 16.9. The normalized spacial score (nSPS) is 12.9. The topological polar surface area (TPSA) is 60.7 Å². The van der Waals surface area contributed by atoms with Crippen molar-refractivity contribution in [3.63, 3.8) is 0 Å². The lowest BCUT2D eigenvalue weighted by Crippen LogP contribution is -2.21. The Morgan fingerprint density at radius 1 is 1.21 bits per heavy atom. The van der Waals surface area contributed by atoms with Crippen molar-refractivity contribution in [3.8, 4) is 0 Å². The van der Waals surface area contributed by atoms with Crippen LogP contribution in [0.1, 0.15) is 24.1 Å². The summed E-state index contributed by atoms with van der Waals surface area (Å²) in [7, 11) is 0. The number of aromatic nitrogens is 2. The Morgan fingerprint density at radius 2 is 2.05 bits per heavy atom. The number of imidazole rings is 1. The summed E-state index contributed by atoms with van der Waals surface area (Å²) in [5.41, 5.74) is 3.93. The molecule has 0 aliphatic heterocycles. The summed E-state index contributed by atoms with van der Waals surface area (Å²) < 4.78 is 0. The third-order valence-corrected chi connectivity index (χ3v) is 3.86. The highest BCUT2D eigenvalue weighted by Crippen LogP contribution is 2.25. The standard InChI is InChI=1S/C14H15N3OS/c1-2-15-13(10-5-6-19-8-10)9-3-4-11-12(7-9)17-14(18)16-11/h3-8,13,15H,2H2,1H3,(H2,16,17,18). The van der Waals surface area contributed by atoms with E-state index in [9.17, 15) is 4.79 Å². The van der Waals surface area contributed by atoms with Gasteiger partial charge in [-0.2, -0.15) is 11.3 Å². The SMILES string of the molecule is CCNC(c1ccsc1)c1ccc2[nH]c(=O)[nH]c2c1. The van der Waals surface area contributed by atoms with Crippen molar-refractivity contribution in [3.05, 3.63) is 56.6 Å². The first-order chi connectivity index (χ1) is 9.28. The fourth-order valence-electron chi connectivity index (χ4n) is 2.30. The number of thiophene rings is 1. The van der Waals surface area contributed by atoms with Crippen LogP contribution in [0.3, 0.4) is 0 Å². The van der Waals surface area contributed by atoms with E-state index in [1.165, 1.54) is 5.56 Å². The molecule has 19 heavy (non-hydrogen) atoms. The Balaban J connectivity index is 2.06. The van der Waals surface area contributed by atoms with E-state index in [0.717, 1.165) is 23.1 Å². The molecule has 4 nitrogen and oxygen atoms in total. The second kappa shape index (κ2) is 5.03. The number of aromatic amines is 2. The van der Waals surface area contributed by atoms with Crippen molar-refractivity contribution >= 4 is 22.4 Å². The molecular weight excluding hydrogens is 258 g/mol. The molecule has 0 radical (unpaired) electrons. The van der Waals surface area contributed by atoms with Gasteiger partial charge in [0.2, 0.25) is 0 Å².